The molecule has 0 amide bonds. The van der Waals surface area contributed by atoms with E-state index in [1.807, 2.05) is 6.07 Å². The molecular weight excluding hydrogens is 354 g/mol. The molecule has 5 rings (SSSR count). The maximum Gasteiger partial charge on any atom is 0.218 e. The molecule has 150 valence electrons. The third kappa shape index (κ3) is 3.57. The van der Waals surface area contributed by atoms with E-state index in [1.54, 1.807) is 13.4 Å². The van der Waals surface area contributed by atoms with Crippen molar-refractivity contribution in [3.05, 3.63) is 24.0 Å². The van der Waals surface area contributed by atoms with Crippen LogP contribution in [-0.4, -0.2) is 61.9 Å². The van der Waals surface area contributed by atoms with Crippen molar-refractivity contribution < 1.29 is 4.74 Å². The highest BCUT2D eigenvalue weighted by Gasteiger charge is 2.36. The van der Waals surface area contributed by atoms with Gasteiger partial charge in [-0.15, -0.1) is 10.2 Å². The van der Waals surface area contributed by atoms with E-state index in [9.17, 15) is 0 Å². The number of aryl methyl sites for hydroxylation is 1. The molecule has 0 aromatic carbocycles. The average molecular weight is 384 g/mol. The maximum atomic E-state index is 5.31. The van der Waals surface area contributed by atoms with Crippen molar-refractivity contribution in [3.63, 3.8) is 0 Å². The van der Waals surface area contributed by atoms with Crippen LogP contribution in [0, 0.1) is 0 Å². The monoisotopic (exact) mass is 383 g/mol. The summed E-state index contributed by atoms with van der Waals surface area (Å²) >= 11 is 0. The summed E-state index contributed by atoms with van der Waals surface area (Å²) < 4.78 is 7.66. The van der Waals surface area contributed by atoms with Gasteiger partial charge in [-0.1, -0.05) is 0 Å². The summed E-state index contributed by atoms with van der Waals surface area (Å²) in [6.07, 6.45) is 10.0. The van der Waals surface area contributed by atoms with E-state index in [0.717, 1.165) is 57.1 Å². The van der Waals surface area contributed by atoms with Gasteiger partial charge in [-0.05, 0) is 38.5 Å². The highest BCUT2D eigenvalue weighted by atomic mass is 16.5. The Morgan fingerprint density at radius 1 is 1.04 bits per heavy atom. The number of hydrogen-bond donors (Lipinski definition) is 0. The minimum Gasteiger partial charge on any atom is -0.481 e. The number of nitrogens with zero attached hydrogens (tertiary/aromatic N) is 7. The number of likely N-dealkylation sites (tertiary alicyclic amines) is 1. The quantitative estimate of drug-likeness (QED) is 0.756. The van der Waals surface area contributed by atoms with E-state index < -0.39 is 0 Å². The van der Waals surface area contributed by atoms with Crippen LogP contribution in [0.15, 0.2) is 12.4 Å². The van der Waals surface area contributed by atoms with Crippen molar-refractivity contribution in [3.8, 4) is 5.88 Å². The number of piperidine rings is 1. The largest absolute Gasteiger partial charge is 0.481 e. The molecule has 0 radical (unpaired) electrons. The van der Waals surface area contributed by atoms with Crippen LogP contribution in [0.3, 0.4) is 0 Å². The van der Waals surface area contributed by atoms with Gasteiger partial charge >= 0.3 is 0 Å². The van der Waals surface area contributed by atoms with Gasteiger partial charge in [-0.2, -0.15) is 0 Å². The first kappa shape index (κ1) is 17.8. The zero-order chi connectivity index (χ0) is 18.9. The predicted octanol–water partition coefficient (Wildman–Crippen LogP) is 2.05. The second kappa shape index (κ2) is 7.66. The van der Waals surface area contributed by atoms with Gasteiger partial charge in [-0.25, -0.2) is 9.97 Å². The molecule has 4 heterocycles. The summed E-state index contributed by atoms with van der Waals surface area (Å²) in [4.78, 5) is 13.8. The lowest BCUT2D eigenvalue weighted by molar-refractivity contribution is 0.193. The van der Waals surface area contributed by atoms with E-state index in [2.05, 4.69) is 34.5 Å². The number of anilines is 1. The zero-order valence-electron chi connectivity index (χ0n) is 16.6. The summed E-state index contributed by atoms with van der Waals surface area (Å²) in [5.41, 5.74) is 0. The Hall–Kier alpha value is -2.22. The minimum absolute atomic E-state index is 0.538. The minimum atomic E-state index is 0.538. The molecule has 2 aliphatic heterocycles. The lowest BCUT2D eigenvalue weighted by Gasteiger charge is -2.39. The van der Waals surface area contributed by atoms with Crippen molar-refractivity contribution in [1.29, 1.82) is 0 Å². The van der Waals surface area contributed by atoms with E-state index in [0.29, 0.717) is 18.0 Å². The molecule has 28 heavy (non-hydrogen) atoms. The van der Waals surface area contributed by atoms with Crippen LogP contribution >= 0.6 is 0 Å². The molecule has 2 aromatic rings. The van der Waals surface area contributed by atoms with Gasteiger partial charge in [0.15, 0.2) is 0 Å². The van der Waals surface area contributed by atoms with Crippen LogP contribution in [0.2, 0.25) is 0 Å². The first-order valence-corrected chi connectivity index (χ1v) is 10.6. The number of methoxy groups -OCH3 is 1. The van der Waals surface area contributed by atoms with Crippen LogP contribution in [0.5, 0.6) is 5.88 Å². The Balaban J connectivity index is 1.24. The number of aromatic nitrogens is 5. The third-order valence-corrected chi connectivity index (χ3v) is 6.29. The first-order chi connectivity index (χ1) is 13.8. The molecule has 0 bridgehead atoms. The number of rotatable bonds is 6. The second-order valence-corrected chi connectivity index (χ2v) is 8.21. The van der Waals surface area contributed by atoms with Crippen LogP contribution < -0.4 is 9.64 Å². The van der Waals surface area contributed by atoms with Gasteiger partial charge in [0, 0.05) is 44.2 Å². The van der Waals surface area contributed by atoms with Crippen molar-refractivity contribution >= 4 is 5.82 Å². The molecule has 0 spiro atoms. The fourth-order valence-corrected chi connectivity index (χ4v) is 4.65. The molecule has 0 unspecified atom stereocenters. The van der Waals surface area contributed by atoms with Gasteiger partial charge in [-0.3, -0.25) is 4.90 Å². The van der Waals surface area contributed by atoms with Crippen LogP contribution in [0.4, 0.5) is 5.82 Å². The van der Waals surface area contributed by atoms with Gasteiger partial charge in [0.2, 0.25) is 5.88 Å². The maximum absolute atomic E-state index is 5.31. The average Bonchev–Trinajstić information content (AvgIpc) is 3.50. The van der Waals surface area contributed by atoms with Crippen LogP contribution in [-0.2, 0) is 19.5 Å². The SMILES string of the molecule is COc1cc(N(C2CC2)C2CCN(Cc3nnc4n3CCCC4)CC2)ncn1. The lowest BCUT2D eigenvalue weighted by Crippen LogP contribution is -2.46. The van der Waals surface area contributed by atoms with E-state index in [4.69, 9.17) is 4.74 Å². The normalized spacial score (nSPS) is 20.8. The highest BCUT2D eigenvalue weighted by molar-refractivity contribution is 5.45. The highest BCUT2D eigenvalue weighted by Crippen LogP contribution is 2.36. The molecular formula is C20H29N7O. The topological polar surface area (TPSA) is 72.2 Å². The Labute approximate surface area is 165 Å². The number of hydrogen-bond acceptors (Lipinski definition) is 7. The second-order valence-electron chi connectivity index (χ2n) is 8.21. The first-order valence-electron chi connectivity index (χ1n) is 10.6. The Morgan fingerprint density at radius 2 is 1.86 bits per heavy atom. The summed E-state index contributed by atoms with van der Waals surface area (Å²) in [6, 6.07) is 3.14. The Kier molecular flexibility index (Phi) is 4.88. The molecule has 2 fully saturated rings. The van der Waals surface area contributed by atoms with Gasteiger partial charge in [0.25, 0.3) is 0 Å². The summed E-state index contributed by atoms with van der Waals surface area (Å²) in [5.74, 6) is 3.98. The van der Waals surface area contributed by atoms with Crippen molar-refractivity contribution in [2.75, 3.05) is 25.1 Å². The van der Waals surface area contributed by atoms with Crippen LogP contribution in [0.1, 0.15) is 50.2 Å². The molecule has 3 aliphatic rings. The smallest absolute Gasteiger partial charge is 0.218 e. The third-order valence-electron chi connectivity index (χ3n) is 6.29. The molecule has 8 nitrogen and oxygen atoms in total. The molecule has 1 saturated carbocycles. The molecule has 1 saturated heterocycles. The Bertz CT molecular complexity index is 811. The standard InChI is InChI=1S/C20H29N7O/c1-28-20-12-18(21-14-22-20)27(15-5-6-15)16-7-10-25(11-8-16)13-19-24-23-17-4-2-3-9-26(17)19/h12,14-16H,2-11,13H2,1H3. The van der Waals surface area contributed by atoms with Crippen molar-refractivity contribution in [2.45, 2.75) is 70.1 Å². The van der Waals surface area contributed by atoms with Crippen molar-refractivity contribution in [2.24, 2.45) is 0 Å². The fourth-order valence-electron chi connectivity index (χ4n) is 4.65. The molecule has 2 aromatic heterocycles. The van der Waals surface area contributed by atoms with E-state index in [-0.39, 0.29) is 0 Å². The van der Waals surface area contributed by atoms with Crippen molar-refractivity contribution in [1.82, 2.24) is 29.6 Å². The van der Waals surface area contributed by atoms with Gasteiger partial charge < -0.3 is 14.2 Å². The molecule has 1 aliphatic carbocycles. The Morgan fingerprint density at radius 3 is 2.64 bits per heavy atom. The van der Waals surface area contributed by atoms with Crippen LogP contribution in [0.25, 0.3) is 0 Å². The lowest BCUT2D eigenvalue weighted by atomic mass is 10.0. The zero-order valence-corrected chi connectivity index (χ0v) is 16.6. The summed E-state index contributed by atoms with van der Waals surface area (Å²) in [7, 11) is 1.66. The summed E-state index contributed by atoms with van der Waals surface area (Å²) in [6.45, 7) is 4.19. The number of fused-ring (bicyclic) bond motifs is 1. The summed E-state index contributed by atoms with van der Waals surface area (Å²) in [5, 5.41) is 8.89. The van der Waals surface area contributed by atoms with E-state index >= 15 is 0 Å². The van der Waals surface area contributed by atoms with Gasteiger partial charge in [0.05, 0.1) is 13.7 Å². The molecule has 0 N–H and O–H groups in total. The molecule has 0 atom stereocenters. The fraction of sp³-hybridized carbons (Fsp3) is 0.700. The number of ether oxygens (including phenoxy) is 1. The molecule has 8 heteroatoms. The van der Waals surface area contributed by atoms with E-state index in [1.165, 1.54) is 31.5 Å². The van der Waals surface area contributed by atoms with Gasteiger partial charge in [0.1, 0.15) is 23.8 Å². The predicted molar refractivity (Wildman–Crippen MR) is 105 cm³/mol.